The highest BCUT2D eigenvalue weighted by Crippen LogP contribution is 2.35. The molecule has 0 saturated carbocycles. The second-order valence-corrected chi connectivity index (χ2v) is 5.06. The Balaban J connectivity index is 2.89. The number of halogens is 3. The van der Waals surface area contributed by atoms with Gasteiger partial charge in [0.25, 0.3) is 5.92 Å². The Hall–Kier alpha value is -0.670. The van der Waals surface area contributed by atoms with Gasteiger partial charge in [0, 0.05) is 11.4 Å². The number of rotatable bonds is 4. The van der Waals surface area contributed by atoms with Crippen LogP contribution in [0.15, 0.2) is 24.3 Å². The third-order valence-corrected chi connectivity index (χ3v) is 2.88. The first-order chi connectivity index (χ1) is 7.27. The van der Waals surface area contributed by atoms with E-state index in [-0.39, 0.29) is 6.42 Å². The van der Waals surface area contributed by atoms with Crippen molar-refractivity contribution in [2.24, 2.45) is 5.73 Å². The predicted molar refractivity (Wildman–Crippen MR) is 63.1 cm³/mol. The van der Waals surface area contributed by atoms with Crippen molar-refractivity contribution in [2.45, 2.75) is 31.6 Å². The highest BCUT2D eigenvalue weighted by molar-refractivity contribution is 6.30. The van der Waals surface area contributed by atoms with E-state index < -0.39 is 17.9 Å². The van der Waals surface area contributed by atoms with Crippen LogP contribution in [-0.4, -0.2) is 12.5 Å². The maximum absolute atomic E-state index is 13.3. The molecule has 0 atom stereocenters. The van der Waals surface area contributed by atoms with Crippen molar-refractivity contribution in [3.8, 4) is 0 Å². The number of hydrogen-bond acceptors (Lipinski definition) is 1. The summed E-state index contributed by atoms with van der Waals surface area (Å²) < 4.78 is 26.5. The molecule has 0 bridgehead atoms. The Kier molecular flexibility index (Phi) is 3.92. The Morgan fingerprint density at radius 2 is 1.69 bits per heavy atom. The Morgan fingerprint density at radius 1 is 1.19 bits per heavy atom. The van der Waals surface area contributed by atoms with Gasteiger partial charge in [-0.3, -0.25) is 0 Å². The molecule has 0 aliphatic carbocycles. The number of alkyl halides is 2. The fraction of sp³-hybridized carbons (Fsp3) is 0.500. The number of benzene rings is 1. The van der Waals surface area contributed by atoms with Crippen molar-refractivity contribution in [1.29, 1.82) is 0 Å². The lowest BCUT2D eigenvalue weighted by Gasteiger charge is -2.29. The van der Waals surface area contributed by atoms with Crippen molar-refractivity contribution < 1.29 is 8.78 Å². The van der Waals surface area contributed by atoms with Gasteiger partial charge in [-0.1, -0.05) is 37.6 Å². The summed E-state index contributed by atoms with van der Waals surface area (Å²) in [6, 6.07) is 6.96. The predicted octanol–water partition coefficient (Wildman–Crippen LogP) is 3.60. The van der Waals surface area contributed by atoms with Gasteiger partial charge in [-0.2, -0.15) is 0 Å². The average Bonchev–Trinajstić information content (AvgIpc) is 2.17. The van der Waals surface area contributed by atoms with E-state index in [4.69, 9.17) is 17.3 Å². The molecular weight excluding hydrogens is 232 g/mol. The summed E-state index contributed by atoms with van der Waals surface area (Å²) in [5, 5.41) is 0.602. The van der Waals surface area contributed by atoms with Gasteiger partial charge in [-0.25, -0.2) is 8.78 Å². The van der Waals surface area contributed by atoms with Gasteiger partial charge in [-0.05, 0) is 23.1 Å². The molecule has 0 aliphatic heterocycles. The Bertz CT molecular complexity index is 347. The summed E-state index contributed by atoms with van der Waals surface area (Å²) in [4.78, 5) is 0. The van der Waals surface area contributed by atoms with Gasteiger partial charge in [0.15, 0.2) is 0 Å². The normalized spacial score (nSPS) is 12.9. The molecule has 0 spiro atoms. The zero-order valence-corrected chi connectivity index (χ0v) is 10.2. The lowest BCUT2D eigenvalue weighted by Crippen LogP contribution is -2.35. The lowest BCUT2D eigenvalue weighted by molar-refractivity contribution is -0.0157. The topological polar surface area (TPSA) is 26.0 Å². The molecule has 1 nitrogen and oxygen atoms in total. The third-order valence-electron chi connectivity index (χ3n) is 2.62. The monoisotopic (exact) mass is 247 g/mol. The zero-order valence-electron chi connectivity index (χ0n) is 9.43. The zero-order chi connectivity index (χ0) is 12.4. The fourth-order valence-corrected chi connectivity index (χ4v) is 1.85. The van der Waals surface area contributed by atoms with Crippen molar-refractivity contribution in [2.75, 3.05) is 6.54 Å². The first-order valence-electron chi connectivity index (χ1n) is 5.11. The SMILES string of the molecule is CC(C)(CC(F)(F)CN)c1ccc(Cl)cc1. The minimum Gasteiger partial charge on any atom is -0.325 e. The van der Waals surface area contributed by atoms with Crippen LogP contribution >= 0.6 is 11.6 Å². The van der Waals surface area contributed by atoms with Gasteiger partial charge in [0.1, 0.15) is 0 Å². The van der Waals surface area contributed by atoms with E-state index in [0.717, 1.165) is 5.56 Å². The minimum absolute atomic E-state index is 0.266. The first kappa shape index (κ1) is 13.4. The highest BCUT2D eigenvalue weighted by Gasteiger charge is 2.36. The van der Waals surface area contributed by atoms with Crippen LogP contribution in [-0.2, 0) is 5.41 Å². The molecule has 0 unspecified atom stereocenters. The van der Waals surface area contributed by atoms with Crippen LogP contribution in [0.5, 0.6) is 0 Å². The molecule has 16 heavy (non-hydrogen) atoms. The lowest BCUT2D eigenvalue weighted by atomic mass is 9.79. The van der Waals surface area contributed by atoms with Gasteiger partial charge in [-0.15, -0.1) is 0 Å². The average molecular weight is 248 g/mol. The molecule has 0 aliphatic rings. The van der Waals surface area contributed by atoms with E-state index in [2.05, 4.69) is 0 Å². The molecule has 90 valence electrons. The smallest absolute Gasteiger partial charge is 0.260 e. The minimum atomic E-state index is -2.83. The molecular formula is C12H16ClF2N. The van der Waals surface area contributed by atoms with E-state index in [1.54, 1.807) is 38.1 Å². The summed E-state index contributed by atoms with van der Waals surface area (Å²) in [6.45, 7) is 2.93. The number of hydrogen-bond donors (Lipinski definition) is 1. The second-order valence-electron chi connectivity index (χ2n) is 4.63. The third kappa shape index (κ3) is 3.42. The molecule has 0 saturated heterocycles. The molecule has 0 radical (unpaired) electrons. The van der Waals surface area contributed by atoms with Crippen LogP contribution in [0.1, 0.15) is 25.8 Å². The molecule has 1 rings (SSSR count). The summed E-state index contributed by atoms with van der Waals surface area (Å²) in [5.41, 5.74) is 5.26. The quantitative estimate of drug-likeness (QED) is 0.864. The van der Waals surface area contributed by atoms with Crippen LogP contribution in [0.25, 0.3) is 0 Å². The summed E-state index contributed by atoms with van der Waals surface area (Å²) in [7, 11) is 0. The standard InChI is InChI=1S/C12H16ClF2N/c1-11(2,7-12(14,15)8-16)9-3-5-10(13)6-4-9/h3-6H,7-8,16H2,1-2H3. The maximum atomic E-state index is 13.3. The molecule has 4 heteroatoms. The molecule has 1 aromatic carbocycles. The van der Waals surface area contributed by atoms with E-state index >= 15 is 0 Å². The summed E-state index contributed by atoms with van der Waals surface area (Å²) in [5.74, 6) is -2.83. The van der Waals surface area contributed by atoms with Gasteiger partial charge >= 0.3 is 0 Å². The maximum Gasteiger partial charge on any atom is 0.260 e. The Morgan fingerprint density at radius 3 is 2.12 bits per heavy atom. The van der Waals surface area contributed by atoms with Crippen molar-refractivity contribution in [3.63, 3.8) is 0 Å². The van der Waals surface area contributed by atoms with Crippen LogP contribution < -0.4 is 5.73 Å². The van der Waals surface area contributed by atoms with E-state index in [9.17, 15) is 8.78 Å². The molecule has 2 N–H and O–H groups in total. The van der Waals surface area contributed by atoms with Crippen LogP contribution in [0.3, 0.4) is 0 Å². The van der Waals surface area contributed by atoms with Gasteiger partial charge < -0.3 is 5.73 Å². The van der Waals surface area contributed by atoms with Crippen molar-refractivity contribution >= 4 is 11.6 Å². The highest BCUT2D eigenvalue weighted by atomic mass is 35.5. The summed E-state index contributed by atoms with van der Waals surface area (Å²) >= 11 is 5.75. The van der Waals surface area contributed by atoms with Crippen molar-refractivity contribution in [3.05, 3.63) is 34.9 Å². The van der Waals surface area contributed by atoms with Gasteiger partial charge in [0.2, 0.25) is 0 Å². The van der Waals surface area contributed by atoms with Crippen LogP contribution in [0.2, 0.25) is 5.02 Å². The van der Waals surface area contributed by atoms with E-state index in [0.29, 0.717) is 5.02 Å². The van der Waals surface area contributed by atoms with Crippen LogP contribution in [0.4, 0.5) is 8.78 Å². The molecule has 0 fully saturated rings. The molecule has 0 heterocycles. The fourth-order valence-electron chi connectivity index (χ4n) is 1.72. The van der Waals surface area contributed by atoms with E-state index in [1.165, 1.54) is 0 Å². The first-order valence-corrected chi connectivity index (χ1v) is 5.49. The summed E-state index contributed by atoms with van der Waals surface area (Å²) in [6.07, 6.45) is -0.266. The Labute approximate surface area is 99.6 Å². The number of nitrogens with two attached hydrogens (primary N) is 1. The molecule has 0 aromatic heterocycles. The van der Waals surface area contributed by atoms with Crippen LogP contribution in [0, 0.1) is 0 Å². The second kappa shape index (κ2) is 4.68. The van der Waals surface area contributed by atoms with Gasteiger partial charge in [0.05, 0.1) is 6.54 Å². The van der Waals surface area contributed by atoms with E-state index in [1.807, 2.05) is 0 Å². The molecule has 0 amide bonds. The molecule has 1 aromatic rings. The van der Waals surface area contributed by atoms with Crippen molar-refractivity contribution in [1.82, 2.24) is 0 Å². The largest absolute Gasteiger partial charge is 0.325 e.